The molecule has 0 aliphatic heterocycles. The van der Waals surface area contributed by atoms with E-state index in [2.05, 4.69) is 0 Å². The van der Waals surface area contributed by atoms with Crippen LogP contribution in [0.4, 0.5) is 0 Å². The summed E-state index contributed by atoms with van der Waals surface area (Å²) < 4.78 is 37.4. The fourth-order valence-corrected chi connectivity index (χ4v) is 0.984. The lowest BCUT2D eigenvalue weighted by molar-refractivity contribution is -0.402. The molecule has 0 aromatic heterocycles. The summed E-state index contributed by atoms with van der Waals surface area (Å²) in [5.74, 6) is 0.213. The first-order valence-corrected chi connectivity index (χ1v) is 7.24. The van der Waals surface area contributed by atoms with E-state index in [1.165, 1.54) is 0 Å². The van der Waals surface area contributed by atoms with Crippen molar-refractivity contribution < 1.29 is 26.7 Å². The van der Waals surface area contributed by atoms with Crippen LogP contribution in [0.5, 0.6) is 0 Å². The molecule has 0 aliphatic carbocycles. The summed E-state index contributed by atoms with van der Waals surface area (Å²) >= 11 is 0. The Morgan fingerprint density at radius 2 is 1.19 bits per heavy atom. The smallest absolute Gasteiger partial charge is 0.381 e. The van der Waals surface area contributed by atoms with Crippen LogP contribution in [0.15, 0.2) is 0 Å². The Labute approximate surface area is 125 Å². The molecule has 0 aromatic rings. The number of nitrogens with two attached hydrogens (primary N) is 2. The minimum absolute atomic E-state index is 0.106. The summed E-state index contributed by atoms with van der Waals surface area (Å²) in [6, 6.07) is 0. The van der Waals surface area contributed by atoms with E-state index in [-0.39, 0.29) is 11.9 Å². The Morgan fingerprint density at radius 1 is 1.00 bits per heavy atom. The lowest BCUT2D eigenvalue weighted by Crippen LogP contribution is -2.27. The van der Waals surface area contributed by atoms with E-state index in [4.69, 9.17) is 39.8 Å². The first kappa shape index (κ1) is 24.2. The standard InChI is InChI=1S/2C5H12N3.H2O4S/c2*1-3-8(4-2)5(6)7;1-5(2,3)4/h2*3H,4H2,1-2H3,(H3,6,7);(H2,1,2,3,4)/q2*+1;/p-2/b2*8-3+;. The average molecular weight is 324 g/mol. The number of hydrogen-bond donors (Lipinski definition) is 4. The summed E-state index contributed by atoms with van der Waals surface area (Å²) in [6.45, 7) is 9.14. The van der Waals surface area contributed by atoms with Crippen LogP contribution in [-0.4, -0.2) is 64.1 Å². The predicted octanol–water partition coefficient (Wildman–Crippen LogP) is -1.33. The number of rotatable bonds is 2. The molecule has 0 amide bonds. The molecule has 0 saturated heterocycles. The molecule has 0 spiro atoms. The Morgan fingerprint density at radius 3 is 1.19 bits per heavy atom. The maximum atomic E-state index is 8.52. The maximum Gasteiger partial charge on any atom is 0.381 e. The van der Waals surface area contributed by atoms with Gasteiger partial charge in [0.1, 0.15) is 0 Å². The SMILES string of the molecule is C/C=[N+](\CC)C(=N)N.C/C=[N+](\CC)C(=N)N.O=S(=O)([O-])[O-]. The second-order valence-corrected chi connectivity index (χ2v) is 4.08. The quantitative estimate of drug-likeness (QED) is 0.160. The lowest BCUT2D eigenvalue weighted by atomic mass is 10.6. The van der Waals surface area contributed by atoms with Gasteiger partial charge in [0.15, 0.2) is 0 Å². The molecule has 0 unspecified atom stereocenters. The van der Waals surface area contributed by atoms with Crippen molar-refractivity contribution in [1.29, 1.82) is 10.8 Å². The van der Waals surface area contributed by atoms with Crippen molar-refractivity contribution in [3.63, 3.8) is 0 Å². The molecule has 0 aromatic carbocycles. The van der Waals surface area contributed by atoms with Gasteiger partial charge in [-0.25, -0.2) is 9.15 Å². The largest absolute Gasteiger partial charge is 0.759 e. The number of hydrogen-bond acceptors (Lipinski definition) is 6. The van der Waals surface area contributed by atoms with E-state index in [9.17, 15) is 0 Å². The molecule has 10 nitrogen and oxygen atoms in total. The lowest BCUT2D eigenvalue weighted by Gasteiger charge is -2.06. The van der Waals surface area contributed by atoms with Crippen molar-refractivity contribution >= 4 is 34.7 Å². The Bertz CT molecular complexity index is 446. The van der Waals surface area contributed by atoms with Crippen molar-refractivity contribution in [3.05, 3.63) is 0 Å². The van der Waals surface area contributed by atoms with E-state index in [0.717, 1.165) is 13.1 Å². The van der Waals surface area contributed by atoms with Crippen LogP contribution in [-0.2, 0) is 10.4 Å². The van der Waals surface area contributed by atoms with Crippen LogP contribution in [0.3, 0.4) is 0 Å². The van der Waals surface area contributed by atoms with Gasteiger partial charge in [0.2, 0.25) is 0 Å². The molecule has 124 valence electrons. The molecule has 21 heavy (non-hydrogen) atoms. The van der Waals surface area contributed by atoms with Crippen LogP contribution in [0.1, 0.15) is 27.7 Å². The molecule has 0 rings (SSSR count). The Balaban J connectivity index is -0.000000239. The number of nitrogens with zero attached hydrogens (tertiary/aromatic N) is 2. The molecule has 0 radical (unpaired) electrons. The van der Waals surface area contributed by atoms with Crippen LogP contribution in [0.25, 0.3) is 0 Å². The van der Waals surface area contributed by atoms with Gasteiger partial charge in [0.05, 0.1) is 13.1 Å². The summed E-state index contributed by atoms with van der Waals surface area (Å²) in [5.41, 5.74) is 10.3. The molecule has 0 saturated carbocycles. The van der Waals surface area contributed by atoms with Crippen LogP contribution < -0.4 is 11.5 Å². The predicted molar refractivity (Wildman–Crippen MR) is 79.4 cm³/mol. The topological polar surface area (TPSA) is 186 Å². The zero-order chi connectivity index (χ0) is 17.6. The highest BCUT2D eigenvalue weighted by Crippen LogP contribution is 1.68. The van der Waals surface area contributed by atoms with Gasteiger partial charge in [-0.15, -0.1) is 10.8 Å². The molecule has 0 fully saturated rings. The summed E-state index contributed by atoms with van der Waals surface area (Å²) in [6.07, 6.45) is 3.56. The number of nitrogens with one attached hydrogen (secondary N) is 2. The zero-order valence-electron chi connectivity index (χ0n) is 12.7. The molecule has 0 heterocycles. The molecule has 11 heteroatoms. The van der Waals surface area contributed by atoms with Crippen molar-refractivity contribution in [1.82, 2.24) is 0 Å². The monoisotopic (exact) mass is 324 g/mol. The zero-order valence-corrected chi connectivity index (χ0v) is 13.5. The third-order valence-corrected chi connectivity index (χ3v) is 1.92. The highest BCUT2D eigenvalue weighted by atomic mass is 32.3. The molecular weight excluding hydrogens is 300 g/mol. The normalized spacial score (nSPS) is 11.5. The maximum absolute atomic E-state index is 8.52. The molecule has 0 bridgehead atoms. The second-order valence-electron chi connectivity index (χ2n) is 3.27. The van der Waals surface area contributed by atoms with Crippen molar-refractivity contribution in [2.45, 2.75) is 27.7 Å². The fraction of sp³-hybridized carbons (Fsp3) is 0.600. The average Bonchev–Trinajstić information content (AvgIpc) is 2.29. The van der Waals surface area contributed by atoms with Gasteiger partial charge >= 0.3 is 11.9 Å². The first-order valence-electron chi connectivity index (χ1n) is 5.91. The van der Waals surface area contributed by atoms with E-state index >= 15 is 0 Å². The molecular formula is C10H24N6O4S. The van der Waals surface area contributed by atoms with Crippen molar-refractivity contribution in [3.8, 4) is 0 Å². The summed E-state index contributed by atoms with van der Waals surface area (Å²) in [4.78, 5) is 0. The van der Waals surface area contributed by atoms with Gasteiger partial charge in [0.25, 0.3) is 0 Å². The van der Waals surface area contributed by atoms with E-state index < -0.39 is 10.4 Å². The Kier molecular flexibility index (Phi) is 15.1. The first-order chi connectivity index (χ1) is 9.44. The Hall–Kier alpha value is -1.85. The van der Waals surface area contributed by atoms with Gasteiger partial charge in [0, 0.05) is 22.8 Å². The third kappa shape index (κ3) is 23.6. The molecule has 0 aliphatic rings. The van der Waals surface area contributed by atoms with Crippen molar-refractivity contribution in [2.75, 3.05) is 13.1 Å². The van der Waals surface area contributed by atoms with Gasteiger partial charge < -0.3 is 9.11 Å². The van der Waals surface area contributed by atoms with Gasteiger partial charge in [-0.3, -0.25) is 19.9 Å². The fourth-order valence-electron chi connectivity index (χ4n) is 0.984. The number of guanidine groups is 2. The van der Waals surface area contributed by atoms with Crippen LogP contribution >= 0.6 is 0 Å². The van der Waals surface area contributed by atoms with E-state index in [1.54, 1.807) is 21.6 Å². The molecule has 6 N–H and O–H groups in total. The van der Waals surface area contributed by atoms with E-state index in [0.29, 0.717) is 0 Å². The van der Waals surface area contributed by atoms with Gasteiger partial charge in [-0.2, -0.15) is 0 Å². The third-order valence-electron chi connectivity index (χ3n) is 1.92. The highest BCUT2D eigenvalue weighted by molar-refractivity contribution is 7.79. The summed E-state index contributed by atoms with van der Waals surface area (Å²) in [7, 11) is -5.17. The van der Waals surface area contributed by atoms with Crippen LogP contribution in [0.2, 0.25) is 0 Å². The van der Waals surface area contributed by atoms with E-state index in [1.807, 2.05) is 27.7 Å². The minimum atomic E-state index is -5.17. The van der Waals surface area contributed by atoms with Gasteiger partial charge in [-0.1, -0.05) is 0 Å². The second kappa shape index (κ2) is 13.1. The molecule has 0 atom stereocenters. The van der Waals surface area contributed by atoms with Crippen LogP contribution in [0, 0.1) is 10.8 Å². The summed E-state index contributed by atoms with van der Waals surface area (Å²) in [5, 5.41) is 13.8. The van der Waals surface area contributed by atoms with Crippen molar-refractivity contribution in [2.24, 2.45) is 11.5 Å². The highest BCUT2D eigenvalue weighted by Gasteiger charge is 1.97. The minimum Gasteiger partial charge on any atom is -0.759 e. The van der Waals surface area contributed by atoms with Gasteiger partial charge in [-0.05, 0) is 27.7 Å².